The second-order valence-electron chi connectivity index (χ2n) is 5.85. The summed E-state index contributed by atoms with van der Waals surface area (Å²) in [6, 6.07) is 3.32. The van der Waals surface area contributed by atoms with Crippen molar-refractivity contribution in [3.05, 3.63) is 17.7 Å². The maximum atomic E-state index is 10.2. The van der Waals surface area contributed by atoms with Crippen LogP contribution in [0, 0.1) is 5.92 Å². The van der Waals surface area contributed by atoms with Gasteiger partial charge in [0.15, 0.2) is 11.5 Å². The number of rotatable bonds is 4. The highest BCUT2D eigenvalue weighted by Gasteiger charge is 2.32. The van der Waals surface area contributed by atoms with E-state index < -0.39 is 5.75 Å². The fourth-order valence-corrected chi connectivity index (χ4v) is 2.99. The van der Waals surface area contributed by atoms with Gasteiger partial charge in [0.25, 0.3) is 0 Å². The van der Waals surface area contributed by atoms with E-state index in [2.05, 4.69) is 10.2 Å². The molecule has 22 heavy (non-hydrogen) atoms. The fraction of sp³-hybridized carbons (Fsp3) is 0.600. The van der Waals surface area contributed by atoms with Gasteiger partial charge in [-0.1, -0.05) is 12.8 Å². The Balaban J connectivity index is 0.00000121. The third-order valence-electron chi connectivity index (χ3n) is 4.37. The molecule has 1 aromatic rings. The Kier molecular flexibility index (Phi) is 7.06. The van der Waals surface area contributed by atoms with Crippen molar-refractivity contribution in [2.75, 3.05) is 26.2 Å². The lowest BCUT2D eigenvalue weighted by atomic mass is 9.97. The Bertz CT molecular complexity index is 492. The molecule has 0 radical (unpaired) electrons. The Morgan fingerprint density at radius 3 is 2.27 bits per heavy atom. The van der Waals surface area contributed by atoms with Crippen molar-refractivity contribution in [2.45, 2.75) is 25.3 Å². The molecule has 0 bridgehead atoms. The van der Waals surface area contributed by atoms with E-state index in [4.69, 9.17) is 0 Å². The maximum absolute atomic E-state index is 10.2. The lowest BCUT2D eigenvalue weighted by Crippen LogP contribution is -2.45. The number of phenols is 3. The zero-order valence-electron chi connectivity index (χ0n) is 12.4. The second-order valence-corrected chi connectivity index (χ2v) is 5.85. The van der Waals surface area contributed by atoms with Crippen molar-refractivity contribution in [3.63, 3.8) is 0 Å². The molecule has 2 fully saturated rings. The summed E-state index contributed by atoms with van der Waals surface area (Å²) in [6.07, 6.45) is 3.53. The Morgan fingerprint density at radius 2 is 1.68 bits per heavy atom. The smallest absolute Gasteiger partial charge is 0.200 e. The van der Waals surface area contributed by atoms with E-state index >= 15 is 0 Å². The number of piperazine rings is 1. The first-order valence-electron chi connectivity index (χ1n) is 7.35. The van der Waals surface area contributed by atoms with Crippen LogP contribution in [0.1, 0.15) is 30.9 Å². The average Bonchev–Trinajstić information content (AvgIpc) is 3.28. The molecular formula is C15H24Cl2N2O3. The van der Waals surface area contributed by atoms with Crippen LogP contribution < -0.4 is 5.32 Å². The van der Waals surface area contributed by atoms with Crippen LogP contribution in [0.25, 0.3) is 0 Å². The number of benzene rings is 1. The minimum atomic E-state index is -0.404. The van der Waals surface area contributed by atoms with Crippen LogP contribution >= 0.6 is 24.8 Å². The average molecular weight is 351 g/mol. The zero-order chi connectivity index (χ0) is 14.1. The minimum absolute atomic E-state index is 0. The van der Waals surface area contributed by atoms with Crippen LogP contribution in [-0.4, -0.2) is 46.4 Å². The van der Waals surface area contributed by atoms with Gasteiger partial charge in [0.2, 0.25) is 5.75 Å². The number of phenolic OH excluding ortho intramolecular Hbond substituents is 3. The van der Waals surface area contributed by atoms with Crippen molar-refractivity contribution in [1.82, 2.24) is 10.2 Å². The predicted octanol–water partition coefficient (Wildman–Crippen LogP) is 2.39. The van der Waals surface area contributed by atoms with Gasteiger partial charge in [0.05, 0.1) is 0 Å². The molecule has 0 unspecified atom stereocenters. The van der Waals surface area contributed by atoms with Crippen molar-refractivity contribution >= 4 is 24.8 Å². The van der Waals surface area contributed by atoms with Gasteiger partial charge in [-0.05, 0) is 24.5 Å². The largest absolute Gasteiger partial charge is 0.504 e. The van der Waals surface area contributed by atoms with E-state index in [-0.39, 0.29) is 42.4 Å². The number of nitrogens with one attached hydrogen (secondary N) is 1. The summed E-state index contributed by atoms with van der Waals surface area (Å²) in [5.74, 6) is -0.116. The summed E-state index contributed by atoms with van der Waals surface area (Å²) >= 11 is 0. The van der Waals surface area contributed by atoms with Gasteiger partial charge in [-0.25, -0.2) is 0 Å². The molecule has 1 aromatic carbocycles. The predicted molar refractivity (Wildman–Crippen MR) is 90.5 cm³/mol. The Morgan fingerprint density at radius 1 is 1.05 bits per heavy atom. The molecule has 0 amide bonds. The number of halogens is 2. The highest BCUT2D eigenvalue weighted by atomic mass is 35.5. The van der Waals surface area contributed by atoms with Gasteiger partial charge in [-0.15, -0.1) is 24.8 Å². The molecule has 7 heteroatoms. The van der Waals surface area contributed by atoms with Crippen molar-refractivity contribution in [3.8, 4) is 17.2 Å². The van der Waals surface area contributed by atoms with E-state index in [1.54, 1.807) is 6.07 Å². The van der Waals surface area contributed by atoms with E-state index in [1.807, 2.05) is 0 Å². The molecule has 1 heterocycles. The Hall–Kier alpha value is -0.880. The van der Waals surface area contributed by atoms with Crippen LogP contribution in [0.5, 0.6) is 17.2 Å². The first-order valence-corrected chi connectivity index (χ1v) is 7.35. The molecule has 2 aliphatic rings. The maximum Gasteiger partial charge on any atom is 0.200 e. The lowest BCUT2D eigenvalue weighted by molar-refractivity contribution is 0.157. The summed E-state index contributed by atoms with van der Waals surface area (Å²) in [5.41, 5.74) is 0.731. The van der Waals surface area contributed by atoms with Gasteiger partial charge >= 0.3 is 0 Å². The summed E-state index contributed by atoms with van der Waals surface area (Å²) in [7, 11) is 0. The molecule has 1 aliphatic carbocycles. The number of nitrogens with zero attached hydrogens (tertiary/aromatic N) is 1. The quantitative estimate of drug-likeness (QED) is 0.627. The molecule has 1 saturated carbocycles. The van der Waals surface area contributed by atoms with E-state index in [1.165, 1.54) is 18.9 Å². The monoisotopic (exact) mass is 350 g/mol. The molecule has 0 spiro atoms. The standard InChI is InChI=1S/C15H22N2O3.2ClH/c18-13-4-3-11(14(19)15(13)20)12(9-10-1-2-10)17-7-5-16-6-8-17;;/h3-4,10,12,16,18-20H,1-2,5-9H2;2*1H/t12-;;/m1../s1. The fourth-order valence-electron chi connectivity index (χ4n) is 2.99. The molecule has 4 N–H and O–H groups in total. The van der Waals surface area contributed by atoms with E-state index in [0.717, 1.165) is 44.1 Å². The lowest BCUT2D eigenvalue weighted by Gasteiger charge is -2.35. The highest BCUT2D eigenvalue weighted by Crippen LogP contribution is 2.46. The zero-order valence-corrected chi connectivity index (χ0v) is 14.0. The summed E-state index contributed by atoms with van der Waals surface area (Å²) in [4.78, 5) is 2.36. The van der Waals surface area contributed by atoms with Crippen LogP contribution in [0.3, 0.4) is 0 Å². The molecule has 0 aromatic heterocycles. The molecule has 1 atom stereocenters. The van der Waals surface area contributed by atoms with Gasteiger partial charge in [-0.2, -0.15) is 0 Å². The number of hydrogen-bond donors (Lipinski definition) is 4. The summed E-state index contributed by atoms with van der Waals surface area (Å²) in [5, 5.41) is 32.7. The topological polar surface area (TPSA) is 76.0 Å². The van der Waals surface area contributed by atoms with Crippen LogP contribution in [-0.2, 0) is 0 Å². The Labute approximate surface area is 143 Å². The summed E-state index contributed by atoms with van der Waals surface area (Å²) < 4.78 is 0. The van der Waals surface area contributed by atoms with Gasteiger partial charge in [-0.3, -0.25) is 4.90 Å². The third-order valence-corrected chi connectivity index (χ3v) is 4.37. The second kappa shape index (κ2) is 8.11. The van der Waals surface area contributed by atoms with Gasteiger partial charge < -0.3 is 20.6 Å². The molecule has 1 aliphatic heterocycles. The SMILES string of the molecule is Cl.Cl.Oc1ccc([C@@H](CC2CC2)N2CCNCC2)c(O)c1O. The third kappa shape index (κ3) is 4.10. The number of aromatic hydroxyl groups is 3. The molecule has 5 nitrogen and oxygen atoms in total. The first kappa shape index (κ1) is 19.2. The molecule has 126 valence electrons. The van der Waals surface area contributed by atoms with E-state index in [9.17, 15) is 15.3 Å². The van der Waals surface area contributed by atoms with Crippen molar-refractivity contribution in [2.24, 2.45) is 5.92 Å². The van der Waals surface area contributed by atoms with Gasteiger partial charge in [0, 0.05) is 37.8 Å². The van der Waals surface area contributed by atoms with Crippen LogP contribution in [0.4, 0.5) is 0 Å². The van der Waals surface area contributed by atoms with E-state index in [0.29, 0.717) is 0 Å². The highest BCUT2D eigenvalue weighted by molar-refractivity contribution is 5.85. The van der Waals surface area contributed by atoms with Crippen LogP contribution in [0.15, 0.2) is 12.1 Å². The van der Waals surface area contributed by atoms with Crippen molar-refractivity contribution < 1.29 is 15.3 Å². The van der Waals surface area contributed by atoms with Crippen LogP contribution in [0.2, 0.25) is 0 Å². The molecule has 3 rings (SSSR count). The molecule has 1 saturated heterocycles. The minimum Gasteiger partial charge on any atom is -0.504 e. The van der Waals surface area contributed by atoms with Gasteiger partial charge in [0.1, 0.15) is 0 Å². The van der Waals surface area contributed by atoms with Crippen molar-refractivity contribution in [1.29, 1.82) is 0 Å². The first-order chi connectivity index (χ1) is 9.66. The molecular weight excluding hydrogens is 327 g/mol. The normalized spacial score (nSPS) is 19.8. The number of hydrogen-bond acceptors (Lipinski definition) is 5. The summed E-state index contributed by atoms with van der Waals surface area (Å²) in [6.45, 7) is 3.79.